The Balaban J connectivity index is 2.56. The Labute approximate surface area is 92.5 Å². The first kappa shape index (κ1) is 12.1. The predicted octanol–water partition coefficient (Wildman–Crippen LogP) is -1.03. The molecule has 4 N–H and O–H groups in total. The Morgan fingerprint density at radius 3 is 2.81 bits per heavy atom. The number of aryl methyl sites for hydroxylation is 1. The molecule has 0 saturated carbocycles. The second-order valence-electron chi connectivity index (χ2n) is 3.29. The normalized spacial score (nSPS) is 11.9. The van der Waals surface area contributed by atoms with Crippen LogP contribution in [0, 0.1) is 6.92 Å². The van der Waals surface area contributed by atoms with Crippen LogP contribution in [0.15, 0.2) is 18.2 Å². The van der Waals surface area contributed by atoms with Crippen LogP contribution in [0.1, 0.15) is 16.2 Å². The van der Waals surface area contributed by atoms with Crippen LogP contribution in [0.25, 0.3) is 0 Å². The first-order valence-electron chi connectivity index (χ1n) is 4.70. The first-order valence-corrected chi connectivity index (χ1v) is 4.70. The zero-order valence-electron chi connectivity index (χ0n) is 8.80. The van der Waals surface area contributed by atoms with E-state index in [-0.39, 0.29) is 12.2 Å². The van der Waals surface area contributed by atoms with E-state index in [0.717, 1.165) is 0 Å². The number of hydrogen-bond acceptors (Lipinski definition) is 4. The van der Waals surface area contributed by atoms with Gasteiger partial charge in [-0.2, -0.15) is 0 Å². The molecule has 1 aromatic heterocycles. The number of nitrogens with one attached hydrogen (secondary N) is 1. The van der Waals surface area contributed by atoms with Gasteiger partial charge in [-0.25, -0.2) is 4.98 Å². The molecule has 2 amide bonds. The smallest absolute Gasteiger partial charge is 0.269 e. The molecule has 0 saturated heterocycles. The van der Waals surface area contributed by atoms with E-state index in [1.807, 2.05) is 0 Å². The van der Waals surface area contributed by atoms with E-state index in [1.54, 1.807) is 25.1 Å². The van der Waals surface area contributed by atoms with E-state index in [2.05, 4.69) is 10.3 Å². The van der Waals surface area contributed by atoms with Gasteiger partial charge in [0.25, 0.3) is 5.91 Å². The molecule has 0 aliphatic carbocycles. The lowest BCUT2D eigenvalue weighted by Crippen LogP contribution is -2.40. The van der Waals surface area contributed by atoms with Crippen molar-refractivity contribution in [1.29, 1.82) is 0 Å². The van der Waals surface area contributed by atoms with Gasteiger partial charge in [-0.05, 0) is 19.1 Å². The summed E-state index contributed by atoms with van der Waals surface area (Å²) >= 11 is 0. The lowest BCUT2D eigenvalue weighted by atomic mass is 10.3. The monoisotopic (exact) mass is 223 g/mol. The average molecular weight is 223 g/mol. The van der Waals surface area contributed by atoms with Gasteiger partial charge in [-0.3, -0.25) is 9.59 Å². The van der Waals surface area contributed by atoms with E-state index < -0.39 is 17.9 Å². The van der Waals surface area contributed by atoms with E-state index in [0.29, 0.717) is 5.69 Å². The van der Waals surface area contributed by atoms with Crippen molar-refractivity contribution >= 4 is 11.8 Å². The standard InChI is InChI=1S/C10H13N3O3/c1-6-3-2-4-7(13-6)10(16)12-5-8(14)9(11)15/h2-4,8,14H,5H2,1H3,(H2,11,15)(H,12,16). The molecular formula is C10H13N3O3. The fourth-order valence-electron chi connectivity index (χ4n) is 1.05. The third-order valence-corrected chi connectivity index (χ3v) is 1.91. The Kier molecular flexibility index (Phi) is 3.96. The van der Waals surface area contributed by atoms with Crippen molar-refractivity contribution in [3.8, 4) is 0 Å². The van der Waals surface area contributed by atoms with Crippen molar-refractivity contribution in [3.05, 3.63) is 29.6 Å². The van der Waals surface area contributed by atoms with Gasteiger partial charge in [-0.15, -0.1) is 0 Å². The van der Waals surface area contributed by atoms with Crippen molar-refractivity contribution in [2.24, 2.45) is 5.73 Å². The topological polar surface area (TPSA) is 105 Å². The van der Waals surface area contributed by atoms with Gasteiger partial charge >= 0.3 is 0 Å². The number of carbonyl (C=O) groups excluding carboxylic acids is 2. The predicted molar refractivity (Wildman–Crippen MR) is 56.5 cm³/mol. The summed E-state index contributed by atoms with van der Waals surface area (Å²) in [4.78, 5) is 26.0. The number of aliphatic hydroxyl groups excluding tert-OH is 1. The summed E-state index contributed by atoms with van der Waals surface area (Å²) < 4.78 is 0. The van der Waals surface area contributed by atoms with Crippen molar-refractivity contribution in [2.75, 3.05) is 6.54 Å². The summed E-state index contributed by atoms with van der Waals surface area (Å²) in [6.07, 6.45) is -1.38. The maximum Gasteiger partial charge on any atom is 0.269 e. The molecule has 1 heterocycles. The van der Waals surface area contributed by atoms with E-state index in [1.165, 1.54) is 0 Å². The van der Waals surface area contributed by atoms with Gasteiger partial charge in [-0.1, -0.05) is 6.07 Å². The first-order chi connectivity index (χ1) is 7.50. The number of aromatic nitrogens is 1. The number of aliphatic hydroxyl groups is 1. The van der Waals surface area contributed by atoms with Gasteiger partial charge in [0.1, 0.15) is 11.8 Å². The third-order valence-electron chi connectivity index (χ3n) is 1.91. The maximum absolute atomic E-state index is 11.5. The highest BCUT2D eigenvalue weighted by atomic mass is 16.3. The summed E-state index contributed by atoms with van der Waals surface area (Å²) in [5.41, 5.74) is 5.77. The summed E-state index contributed by atoms with van der Waals surface area (Å²) in [5, 5.41) is 11.4. The third kappa shape index (κ3) is 3.32. The van der Waals surface area contributed by atoms with Crippen LogP contribution < -0.4 is 11.1 Å². The largest absolute Gasteiger partial charge is 0.381 e. The number of amides is 2. The number of rotatable bonds is 4. The summed E-state index contributed by atoms with van der Waals surface area (Å²) in [6, 6.07) is 5.00. The number of nitrogens with two attached hydrogens (primary N) is 1. The second kappa shape index (κ2) is 5.22. The lowest BCUT2D eigenvalue weighted by Gasteiger charge is -2.08. The van der Waals surface area contributed by atoms with Crippen molar-refractivity contribution < 1.29 is 14.7 Å². The van der Waals surface area contributed by atoms with Gasteiger partial charge in [0, 0.05) is 5.69 Å². The van der Waals surface area contributed by atoms with E-state index in [9.17, 15) is 9.59 Å². The molecule has 1 rings (SSSR count). The number of nitrogens with zero attached hydrogens (tertiary/aromatic N) is 1. The summed E-state index contributed by atoms with van der Waals surface area (Å²) in [7, 11) is 0. The van der Waals surface area contributed by atoms with Crippen molar-refractivity contribution in [1.82, 2.24) is 10.3 Å². The minimum atomic E-state index is -1.38. The quantitative estimate of drug-likeness (QED) is 0.606. The lowest BCUT2D eigenvalue weighted by molar-refractivity contribution is -0.125. The average Bonchev–Trinajstić information content (AvgIpc) is 2.25. The Bertz CT molecular complexity index is 406. The summed E-state index contributed by atoms with van der Waals surface area (Å²) in [6.45, 7) is 1.54. The van der Waals surface area contributed by atoms with Gasteiger partial charge in [0.15, 0.2) is 0 Å². The number of pyridine rings is 1. The minimum Gasteiger partial charge on any atom is -0.381 e. The fraction of sp³-hybridized carbons (Fsp3) is 0.300. The Hall–Kier alpha value is -1.95. The van der Waals surface area contributed by atoms with E-state index >= 15 is 0 Å². The summed E-state index contributed by atoms with van der Waals surface area (Å²) in [5.74, 6) is -1.33. The molecule has 0 aromatic carbocycles. The Morgan fingerprint density at radius 2 is 2.25 bits per heavy atom. The van der Waals surface area contributed by atoms with Crippen LogP contribution in [0.3, 0.4) is 0 Å². The molecule has 1 unspecified atom stereocenters. The second-order valence-corrected chi connectivity index (χ2v) is 3.29. The fourth-order valence-corrected chi connectivity index (χ4v) is 1.05. The highest BCUT2D eigenvalue weighted by Gasteiger charge is 2.13. The van der Waals surface area contributed by atoms with Crippen molar-refractivity contribution in [2.45, 2.75) is 13.0 Å². The number of hydrogen-bond donors (Lipinski definition) is 3. The molecule has 0 bridgehead atoms. The SMILES string of the molecule is Cc1cccc(C(=O)NCC(O)C(N)=O)n1. The molecule has 1 atom stereocenters. The molecule has 0 aliphatic rings. The molecule has 0 fully saturated rings. The molecular weight excluding hydrogens is 210 g/mol. The molecule has 86 valence electrons. The van der Waals surface area contributed by atoms with Crippen molar-refractivity contribution in [3.63, 3.8) is 0 Å². The maximum atomic E-state index is 11.5. The van der Waals surface area contributed by atoms with Crippen LogP contribution in [0.2, 0.25) is 0 Å². The van der Waals surface area contributed by atoms with Gasteiger partial charge in [0.2, 0.25) is 5.91 Å². The molecule has 1 aromatic rings. The molecule has 6 nitrogen and oxygen atoms in total. The number of carbonyl (C=O) groups is 2. The van der Waals surface area contributed by atoms with Gasteiger partial charge < -0.3 is 16.2 Å². The van der Waals surface area contributed by atoms with Crippen LogP contribution in [0.4, 0.5) is 0 Å². The van der Waals surface area contributed by atoms with Crippen LogP contribution in [-0.4, -0.2) is 34.6 Å². The molecule has 16 heavy (non-hydrogen) atoms. The molecule has 0 spiro atoms. The van der Waals surface area contributed by atoms with Gasteiger partial charge in [0.05, 0.1) is 6.54 Å². The molecule has 0 radical (unpaired) electrons. The minimum absolute atomic E-state index is 0.218. The highest BCUT2D eigenvalue weighted by molar-refractivity contribution is 5.92. The Morgan fingerprint density at radius 1 is 1.56 bits per heavy atom. The van der Waals surface area contributed by atoms with Crippen LogP contribution in [0.5, 0.6) is 0 Å². The van der Waals surface area contributed by atoms with E-state index in [4.69, 9.17) is 10.8 Å². The highest BCUT2D eigenvalue weighted by Crippen LogP contribution is 1.97. The van der Waals surface area contributed by atoms with Crippen LogP contribution >= 0.6 is 0 Å². The molecule has 0 aliphatic heterocycles. The zero-order valence-corrected chi connectivity index (χ0v) is 8.80. The van der Waals surface area contributed by atoms with Crippen LogP contribution in [-0.2, 0) is 4.79 Å². The number of primary amides is 1. The molecule has 6 heteroatoms. The zero-order chi connectivity index (χ0) is 12.1.